The first-order chi connectivity index (χ1) is 11.7. The molecule has 132 valence electrons. The molecular weight excluding hydrogens is 326 g/mol. The minimum absolute atomic E-state index is 0.0511. The van der Waals surface area contributed by atoms with Crippen molar-refractivity contribution in [3.8, 4) is 11.4 Å². The summed E-state index contributed by atoms with van der Waals surface area (Å²) in [5.41, 5.74) is -0.0145. The van der Waals surface area contributed by atoms with Crippen molar-refractivity contribution in [3.05, 3.63) is 36.9 Å². The van der Waals surface area contributed by atoms with Crippen LogP contribution in [0.15, 0.2) is 36.9 Å². The van der Waals surface area contributed by atoms with Gasteiger partial charge in [0.2, 0.25) is 6.54 Å². The number of aromatic nitrogens is 4. The zero-order chi connectivity index (χ0) is 18.4. The number of amides is 1. The molecule has 2 aromatic rings. The van der Waals surface area contributed by atoms with Gasteiger partial charge in [0, 0.05) is 24.0 Å². The summed E-state index contributed by atoms with van der Waals surface area (Å²) >= 11 is 0. The van der Waals surface area contributed by atoms with E-state index >= 15 is 0 Å². The van der Waals surface area contributed by atoms with Crippen LogP contribution in [0, 0.1) is 0 Å². The lowest BCUT2D eigenvalue weighted by Crippen LogP contribution is -2.53. The SMILES string of the molecule is CC(C)(C)OC(=O)N[C@@H](C[n+]1ccc(-c2ncccn2)cn1)C(=O)O. The molecule has 1 amide bonds. The topological polar surface area (TPSA) is 118 Å². The molecule has 0 saturated heterocycles. The summed E-state index contributed by atoms with van der Waals surface area (Å²) in [5.74, 6) is -0.667. The van der Waals surface area contributed by atoms with Crippen molar-refractivity contribution in [2.24, 2.45) is 0 Å². The van der Waals surface area contributed by atoms with Crippen molar-refractivity contribution in [1.82, 2.24) is 20.4 Å². The molecule has 0 fully saturated rings. The van der Waals surface area contributed by atoms with Crippen LogP contribution in [0.4, 0.5) is 4.79 Å². The number of alkyl carbamates (subject to hydrolysis) is 1. The number of aliphatic carboxylic acids is 1. The number of rotatable bonds is 5. The third-order valence-electron chi connectivity index (χ3n) is 2.95. The fraction of sp³-hybridized carbons (Fsp3) is 0.375. The summed E-state index contributed by atoms with van der Waals surface area (Å²) < 4.78 is 6.48. The monoisotopic (exact) mass is 346 g/mol. The third kappa shape index (κ3) is 5.79. The molecule has 0 saturated carbocycles. The van der Waals surface area contributed by atoms with E-state index in [1.54, 1.807) is 51.5 Å². The van der Waals surface area contributed by atoms with Gasteiger partial charge in [-0.1, -0.05) is 4.68 Å². The molecule has 2 heterocycles. The summed E-state index contributed by atoms with van der Waals surface area (Å²) in [6.07, 6.45) is 5.57. The molecule has 0 bridgehead atoms. The van der Waals surface area contributed by atoms with E-state index in [0.717, 1.165) is 0 Å². The van der Waals surface area contributed by atoms with E-state index in [-0.39, 0.29) is 6.54 Å². The second-order valence-electron chi connectivity index (χ2n) is 6.25. The first-order valence-electron chi connectivity index (χ1n) is 7.60. The Morgan fingerprint density at radius 1 is 1.32 bits per heavy atom. The van der Waals surface area contributed by atoms with Crippen LogP contribution in [0.25, 0.3) is 11.4 Å². The molecule has 1 atom stereocenters. The van der Waals surface area contributed by atoms with Gasteiger partial charge in [-0.3, -0.25) is 0 Å². The Morgan fingerprint density at radius 2 is 2.00 bits per heavy atom. The Hall–Kier alpha value is -3.10. The first kappa shape index (κ1) is 18.2. The minimum atomic E-state index is -1.18. The second kappa shape index (κ2) is 7.65. The molecule has 0 aliphatic heterocycles. The van der Waals surface area contributed by atoms with E-state index in [2.05, 4.69) is 20.4 Å². The molecule has 2 N–H and O–H groups in total. The van der Waals surface area contributed by atoms with E-state index in [4.69, 9.17) is 4.74 Å². The highest BCUT2D eigenvalue weighted by atomic mass is 16.6. The Labute approximate surface area is 144 Å². The maximum absolute atomic E-state index is 11.8. The van der Waals surface area contributed by atoms with Crippen LogP contribution in [0.2, 0.25) is 0 Å². The van der Waals surface area contributed by atoms with Gasteiger partial charge in [-0.15, -0.1) is 0 Å². The van der Waals surface area contributed by atoms with E-state index in [9.17, 15) is 14.7 Å². The fourth-order valence-electron chi connectivity index (χ4n) is 1.90. The van der Waals surface area contributed by atoms with Crippen molar-refractivity contribution in [1.29, 1.82) is 0 Å². The van der Waals surface area contributed by atoms with Gasteiger partial charge >= 0.3 is 12.1 Å². The number of carbonyl (C=O) groups is 2. The molecule has 9 nitrogen and oxygen atoms in total. The third-order valence-corrected chi connectivity index (χ3v) is 2.95. The highest BCUT2D eigenvalue weighted by molar-refractivity contribution is 5.79. The largest absolute Gasteiger partial charge is 0.480 e. The molecule has 0 unspecified atom stereocenters. The lowest BCUT2D eigenvalue weighted by molar-refractivity contribution is -0.754. The highest BCUT2D eigenvalue weighted by Crippen LogP contribution is 2.09. The van der Waals surface area contributed by atoms with E-state index in [1.165, 1.54) is 10.9 Å². The second-order valence-corrected chi connectivity index (χ2v) is 6.25. The van der Waals surface area contributed by atoms with Crippen molar-refractivity contribution in [2.75, 3.05) is 0 Å². The molecule has 0 spiro atoms. The summed E-state index contributed by atoms with van der Waals surface area (Å²) in [6, 6.07) is 2.25. The van der Waals surface area contributed by atoms with Crippen molar-refractivity contribution in [2.45, 2.75) is 39.0 Å². The predicted octanol–water partition coefficient (Wildman–Crippen LogP) is 0.804. The zero-order valence-corrected chi connectivity index (χ0v) is 14.2. The van der Waals surface area contributed by atoms with Crippen LogP contribution in [0.3, 0.4) is 0 Å². The number of hydrogen-bond acceptors (Lipinski definition) is 6. The maximum atomic E-state index is 11.8. The van der Waals surface area contributed by atoms with Crippen LogP contribution in [-0.2, 0) is 16.1 Å². The first-order valence-corrected chi connectivity index (χ1v) is 7.60. The normalized spacial score (nSPS) is 12.3. The Kier molecular flexibility index (Phi) is 5.58. The molecular formula is C16H20N5O4+. The van der Waals surface area contributed by atoms with Crippen LogP contribution in [0.5, 0.6) is 0 Å². The minimum Gasteiger partial charge on any atom is -0.480 e. The average molecular weight is 346 g/mol. The number of carboxylic acids is 1. The number of ether oxygens (including phenoxy) is 1. The van der Waals surface area contributed by atoms with Crippen LogP contribution in [-0.4, -0.2) is 43.9 Å². The van der Waals surface area contributed by atoms with Gasteiger partial charge in [-0.05, 0) is 31.9 Å². The summed E-state index contributed by atoms with van der Waals surface area (Å²) in [7, 11) is 0. The van der Waals surface area contributed by atoms with E-state index < -0.39 is 23.7 Å². The number of nitrogens with one attached hydrogen (secondary N) is 1. The summed E-state index contributed by atoms with van der Waals surface area (Å²) in [5, 5.41) is 15.7. The smallest absolute Gasteiger partial charge is 0.408 e. The number of carboxylic acid groups (broad SMARTS) is 1. The van der Waals surface area contributed by atoms with Crippen molar-refractivity contribution in [3.63, 3.8) is 0 Å². The Morgan fingerprint density at radius 3 is 2.52 bits per heavy atom. The highest BCUT2D eigenvalue weighted by Gasteiger charge is 2.28. The molecule has 2 rings (SSSR count). The van der Waals surface area contributed by atoms with E-state index in [1.807, 2.05) is 0 Å². The van der Waals surface area contributed by atoms with Crippen molar-refractivity contribution >= 4 is 12.1 Å². The van der Waals surface area contributed by atoms with Gasteiger partial charge in [0.15, 0.2) is 18.1 Å². The summed E-state index contributed by atoms with van der Waals surface area (Å²) in [6.45, 7) is 5.04. The molecule has 9 heteroatoms. The van der Waals surface area contributed by atoms with Gasteiger partial charge < -0.3 is 15.2 Å². The lowest BCUT2D eigenvalue weighted by atomic mass is 10.2. The van der Waals surface area contributed by atoms with Crippen molar-refractivity contribution < 1.29 is 24.1 Å². The van der Waals surface area contributed by atoms with Gasteiger partial charge in [0.25, 0.3) is 0 Å². The number of nitrogens with zero attached hydrogens (tertiary/aromatic N) is 4. The fourth-order valence-corrected chi connectivity index (χ4v) is 1.90. The van der Waals surface area contributed by atoms with E-state index in [0.29, 0.717) is 11.4 Å². The molecule has 0 aliphatic rings. The molecule has 0 aliphatic carbocycles. The number of carbonyl (C=O) groups excluding carboxylic acids is 1. The summed E-state index contributed by atoms with van der Waals surface area (Å²) in [4.78, 5) is 31.3. The quantitative estimate of drug-likeness (QED) is 0.769. The van der Waals surface area contributed by atoms with Crippen LogP contribution >= 0.6 is 0 Å². The Bertz CT molecular complexity index is 728. The Balaban J connectivity index is 2.04. The zero-order valence-electron chi connectivity index (χ0n) is 14.2. The van der Waals surface area contributed by atoms with Gasteiger partial charge in [0.1, 0.15) is 11.8 Å². The standard InChI is InChI=1S/C16H19N5O4/c1-16(2,3)25-15(24)20-12(14(22)23)10-21-8-5-11(9-19-21)13-17-6-4-7-18-13/h4-9,12H,10H2,1-3H3,(H-,20,22,23,24)/p+1/t12-/m0/s1. The van der Waals surface area contributed by atoms with Gasteiger partial charge in [0.05, 0.1) is 0 Å². The predicted molar refractivity (Wildman–Crippen MR) is 86.3 cm³/mol. The molecule has 25 heavy (non-hydrogen) atoms. The number of hydrogen-bond donors (Lipinski definition) is 2. The maximum Gasteiger partial charge on any atom is 0.408 e. The van der Waals surface area contributed by atoms with Crippen LogP contribution < -0.4 is 10.00 Å². The molecule has 0 aromatic carbocycles. The molecule has 2 aromatic heterocycles. The average Bonchev–Trinajstić information content (AvgIpc) is 2.54. The van der Waals surface area contributed by atoms with Gasteiger partial charge in [-0.2, -0.15) is 0 Å². The molecule has 0 radical (unpaired) electrons. The lowest BCUT2D eigenvalue weighted by Gasteiger charge is -2.20. The van der Waals surface area contributed by atoms with Crippen LogP contribution in [0.1, 0.15) is 20.8 Å². The van der Waals surface area contributed by atoms with Gasteiger partial charge in [-0.25, -0.2) is 19.6 Å².